The molecule has 9 nitrogen and oxygen atoms in total. The van der Waals surface area contributed by atoms with E-state index in [1.165, 1.54) is 16.4 Å². The van der Waals surface area contributed by atoms with Crippen molar-refractivity contribution in [1.82, 2.24) is 19.8 Å². The van der Waals surface area contributed by atoms with Crippen LogP contribution in [0.25, 0.3) is 0 Å². The van der Waals surface area contributed by atoms with Crippen LogP contribution in [-0.4, -0.2) is 86.0 Å². The quantitative estimate of drug-likeness (QED) is 0.333. The van der Waals surface area contributed by atoms with Crippen molar-refractivity contribution in [2.45, 2.75) is 50.2 Å². The van der Waals surface area contributed by atoms with Crippen molar-refractivity contribution in [2.75, 3.05) is 39.3 Å². The number of carbonyl (C=O) groups is 2. The fourth-order valence-corrected chi connectivity index (χ4v) is 6.19. The van der Waals surface area contributed by atoms with E-state index in [2.05, 4.69) is 10.6 Å². The Balaban J connectivity index is 1.70. The fourth-order valence-electron chi connectivity index (χ4n) is 4.54. The predicted octanol–water partition coefficient (Wildman–Crippen LogP) is 1.63. The van der Waals surface area contributed by atoms with Crippen molar-refractivity contribution in [2.24, 2.45) is 5.92 Å². The number of rotatable bonds is 14. The van der Waals surface area contributed by atoms with E-state index < -0.39 is 28.1 Å². The lowest BCUT2D eigenvalue weighted by atomic mass is 10.0. The van der Waals surface area contributed by atoms with Gasteiger partial charge in [-0.15, -0.1) is 0 Å². The van der Waals surface area contributed by atoms with Crippen molar-refractivity contribution in [3.8, 4) is 0 Å². The smallest absolute Gasteiger partial charge is 0.243 e. The number of hydrogen-bond donors (Lipinski definition) is 3. The molecule has 0 aliphatic carbocycles. The lowest BCUT2D eigenvalue weighted by Crippen LogP contribution is -2.53. The van der Waals surface area contributed by atoms with E-state index in [-0.39, 0.29) is 42.9 Å². The van der Waals surface area contributed by atoms with Gasteiger partial charge in [0, 0.05) is 13.1 Å². The van der Waals surface area contributed by atoms with Crippen molar-refractivity contribution in [1.29, 1.82) is 0 Å². The van der Waals surface area contributed by atoms with Gasteiger partial charge in [0.05, 0.1) is 30.1 Å². The van der Waals surface area contributed by atoms with Gasteiger partial charge in [-0.05, 0) is 56.0 Å². The summed E-state index contributed by atoms with van der Waals surface area (Å²) in [4.78, 5) is 27.2. The maximum atomic E-state index is 13.4. The number of nitrogens with zero attached hydrogens (tertiary/aromatic N) is 2. The molecule has 1 aliphatic heterocycles. The van der Waals surface area contributed by atoms with Crippen LogP contribution in [0.3, 0.4) is 0 Å². The molecule has 208 valence electrons. The number of carbonyl (C=O) groups excluding carboxylic acids is 2. The molecular weight excluding hydrogens is 504 g/mol. The van der Waals surface area contributed by atoms with Gasteiger partial charge in [-0.2, -0.15) is 4.31 Å². The third kappa shape index (κ3) is 9.20. The Bertz CT molecular complexity index is 1120. The molecule has 3 rings (SSSR count). The highest BCUT2D eigenvalue weighted by molar-refractivity contribution is 7.89. The van der Waals surface area contributed by atoms with Gasteiger partial charge in [-0.1, -0.05) is 62.4 Å². The number of sulfonamides is 1. The summed E-state index contributed by atoms with van der Waals surface area (Å²) in [7, 11) is -3.86. The molecule has 0 aromatic heterocycles. The maximum absolute atomic E-state index is 13.4. The van der Waals surface area contributed by atoms with Gasteiger partial charge in [0.1, 0.15) is 0 Å². The highest BCUT2D eigenvalue weighted by Gasteiger charge is 2.31. The fraction of sp³-hybridized carbons (Fsp3) is 0.500. The van der Waals surface area contributed by atoms with E-state index in [9.17, 15) is 23.1 Å². The molecule has 1 aliphatic rings. The molecule has 1 heterocycles. The van der Waals surface area contributed by atoms with Crippen LogP contribution in [0.5, 0.6) is 0 Å². The number of likely N-dealkylation sites (tertiary alicyclic amines) is 1. The Morgan fingerprint density at radius 2 is 1.55 bits per heavy atom. The molecule has 2 aromatic carbocycles. The monoisotopic (exact) mass is 544 g/mol. The largest absolute Gasteiger partial charge is 0.390 e. The molecule has 0 saturated carbocycles. The van der Waals surface area contributed by atoms with Crippen LogP contribution in [-0.2, 0) is 26.0 Å². The summed E-state index contributed by atoms with van der Waals surface area (Å²) < 4.78 is 28.1. The minimum absolute atomic E-state index is 0.0219. The van der Waals surface area contributed by atoms with Crippen LogP contribution in [0.15, 0.2) is 65.6 Å². The molecule has 2 aromatic rings. The number of aliphatic hydroxyl groups is 1. The molecular formula is C28H40N4O5S. The van der Waals surface area contributed by atoms with Crippen molar-refractivity contribution in [3.05, 3.63) is 66.2 Å². The molecule has 1 fully saturated rings. The van der Waals surface area contributed by atoms with Gasteiger partial charge in [0.2, 0.25) is 21.8 Å². The summed E-state index contributed by atoms with van der Waals surface area (Å²) in [6, 6.07) is 16.7. The molecule has 0 radical (unpaired) electrons. The van der Waals surface area contributed by atoms with Crippen LogP contribution >= 0.6 is 0 Å². The second kappa shape index (κ2) is 14.4. The lowest BCUT2D eigenvalue weighted by Gasteiger charge is -2.30. The average Bonchev–Trinajstić information content (AvgIpc) is 3.40. The summed E-state index contributed by atoms with van der Waals surface area (Å²) in [5, 5.41) is 16.7. The average molecular weight is 545 g/mol. The van der Waals surface area contributed by atoms with E-state index in [1.54, 1.807) is 18.2 Å². The molecule has 0 unspecified atom stereocenters. The number of benzene rings is 2. The van der Waals surface area contributed by atoms with Crippen molar-refractivity contribution in [3.63, 3.8) is 0 Å². The van der Waals surface area contributed by atoms with E-state index in [1.807, 2.05) is 49.1 Å². The van der Waals surface area contributed by atoms with E-state index in [0.29, 0.717) is 6.42 Å². The Morgan fingerprint density at radius 1 is 0.947 bits per heavy atom. The molecule has 1 saturated heterocycles. The number of nitrogens with one attached hydrogen (secondary N) is 2. The summed E-state index contributed by atoms with van der Waals surface area (Å²) >= 11 is 0. The minimum atomic E-state index is -3.86. The summed E-state index contributed by atoms with van der Waals surface area (Å²) in [5.74, 6) is -0.644. The molecule has 0 bridgehead atoms. The van der Waals surface area contributed by atoms with Gasteiger partial charge in [0.15, 0.2) is 0 Å². The van der Waals surface area contributed by atoms with Gasteiger partial charge in [-0.3, -0.25) is 14.5 Å². The molecule has 38 heavy (non-hydrogen) atoms. The highest BCUT2D eigenvalue weighted by atomic mass is 32.2. The Labute approximate surface area is 226 Å². The van der Waals surface area contributed by atoms with Crippen molar-refractivity contribution >= 4 is 21.8 Å². The SMILES string of the molecule is CC(C)CN(C[C@@H](O)[C@H](Cc1ccccc1)NC(=O)CNC(=O)CN1CCCC1)S(=O)(=O)c1ccccc1. The second-order valence-corrected chi connectivity index (χ2v) is 12.2. The van der Waals surface area contributed by atoms with Gasteiger partial charge in [0.25, 0.3) is 0 Å². The topological polar surface area (TPSA) is 119 Å². The molecule has 10 heteroatoms. The summed E-state index contributed by atoms with van der Waals surface area (Å²) in [6.07, 6.45) is 1.26. The van der Waals surface area contributed by atoms with Gasteiger partial charge < -0.3 is 15.7 Å². The predicted molar refractivity (Wildman–Crippen MR) is 147 cm³/mol. The zero-order chi connectivity index (χ0) is 27.5. The zero-order valence-electron chi connectivity index (χ0n) is 22.3. The van der Waals surface area contributed by atoms with E-state index >= 15 is 0 Å². The summed E-state index contributed by atoms with van der Waals surface area (Å²) in [6.45, 7) is 5.64. The normalized spacial score (nSPS) is 15.9. The van der Waals surface area contributed by atoms with Gasteiger partial charge >= 0.3 is 0 Å². The third-order valence-electron chi connectivity index (χ3n) is 6.46. The van der Waals surface area contributed by atoms with Crippen LogP contribution in [0, 0.1) is 5.92 Å². The number of hydrogen-bond acceptors (Lipinski definition) is 6. The molecule has 2 amide bonds. The van der Waals surface area contributed by atoms with Gasteiger partial charge in [-0.25, -0.2) is 8.42 Å². The summed E-state index contributed by atoms with van der Waals surface area (Å²) in [5.41, 5.74) is 0.885. The third-order valence-corrected chi connectivity index (χ3v) is 8.31. The van der Waals surface area contributed by atoms with E-state index in [4.69, 9.17) is 0 Å². The lowest BCUT2D eigenvalue weighted by molar-refractivity contribution is -0.127. The van der Waals surface area contributed by atoms with E-state index in [0.717, 1.165) is 31.5 Å². The Morgan fingerprint density at radius 3 is 2.16 bits per heavy atom. The first kappa shape index (κ1) is 29.8. The molecule has 2 atom stereocenters. The minimum Gasteiger partial charge on any atom is -0.390 e. The van der Waals surface area contributed by atoms with Crippen LogP contribution in [0.2, 0.25) is 0 Å². The first-order valence-corrected chi connectivity index (χ1v) is 14.6. The Hall–Kier alpha value is -2.79. The first-order chi connectivity index (χ1) is 18.1. The van der Waals surface area contributed by atoms with Crippen LogP contribution < -0.4 is 10.6 Å². The van der Waals surface area contributed by atoms with Crippen LogP contribution in [0.1, 0.15) is 32.3 Å². The number of aliphatic hydroxyl groups excluding tert-OH is 1. The maximum Gasteiger partial charge on any atom is 0.243 e. The highest BCUT2D eigenvalue weighted by Crippen LogP contribution is 2.19. The molecule has 0 spiro atoms. The van der Waals surface area contributed by atoms with Crippen molar-refractivity contribution < 1.29 is 23.1 Å². The zero-order valence-corrected chi connectivity index (χ0v) is 23.1. The Kier molecular flexibility index (Phi) is 11.3. The van der Waals surface area contributed by atoms with Crippen LogP contribution in [0.4, 0.5) is 0 Å². The standard InChI is InChI=1S/C28H40N4O5S/c1-22(2)19-32(38(36,37)24-13-7-4-8-14-24)20-26(33)25(17-23-11-5-3-6-12-23)30-27(34)18-29-28(35)21-31-15-9-10-16-31/h3-8,11-14,22,25-26,33H,9-10,15-21H2,1-2H3,(H,29,35)(H,30,34)/t25-,26+/m0/s1. The second-order valence-electron chi connectivity index (χ2n) is 10.2. The molecule has 3 N–H and O–H groups in total. The first-order valence-electron chi connectivity index (χ1n) is 13.2. The number of amides is 2.